The number of carboxylic acids is 1. The monoisotopic (exact) mass is 300 g/mol. The van der Waals surface area contributed by atoms with Crippen LogP contribution in [0.25, 0.3) is 0 Å². The van der Waals surface area contributed by atoms with E-state index in [1.807, 2.05) is 0 Å². The summed E-state index contributed by atoms with van der Waals surface area (Å²) < 4.78 is 9.98. The van der Waals surface area contributed by atoms with Crippen molar-refractivity contribution in [3.05, 3.63) is 0 Å². The number of urea groups is 1. The van der Waals surface area contributed by atoms with Gasteiger partial charge in [0.15, 0.2) is 0 Å². The fraction of sp³-hybridized carbons (Fsp3) is 0.769. The molecular weight excluding hydrogens is 280 g/mol. The van der Waals surface area contributed by atoms with E-state index in [4.69, 9.17) is 9.84 Å². The van der Waals surface area contributed by atoms with E-state index in [9.17, 15) is 14.4 Å². The van der Waals surface area contributed by atoms with Crippen molar-refractivity contribution in [3.63, 3.8) is 0 Å². The lowest BCUT2D eigenvalue weighted by molar-refractivity contribution is -0.145. The minimum absolute atomic E-state index is 0.0966. The SMILES string of the molecule is COC(=O)CC1CN(C(=O)NCC2(C(=O)O)CC2)CCO1. The zero-order valence-corrected chi connectivity index (χ0v) is 12.0. The summed E-state index contributed by atoms with van der Waals surface area (Å²) in [6.07, 6.45) is 0.901. The number of amides is 2. The van der Waals surface area contributed by atoms with Crippen molar-refractivity contribution >= 4 is 18.0 Å². The van der Waals surface area contributed by atoms with Crippen LogP contribution in [-0.2, 0) is 19.1 Å². The van der Waals surface area contributed by atoms with Crippen LogP contribution in [0.2, 0.25) is 0 Å². The fourth-order valence-corrected chi connectivity index (χ4v) is 2.27. The van der Waals surface area contributed by atoms with Gasteiger partial charge < -0.3 is 24.8 Å². The average Bonchev–Trinajstić information content (AvgIpc) is 3.26. The van der Waals surface area contributed by atoms with Gasteiger partial charge in [0.05, 0.1) is 31.7 Å². The maximum Gasteiger partial charge on any atom is 0.317 e. The van der Waals surface area contributed by atoms with Crippen LogP contribution in [0.4, 0.5) is 4.79 Å². The molecule has 0 bridgehead atoms. The van der Waals surface area contributed by atoms with Crippen molar-refractivity contribution in [1.29, 1.82) is 0 Å². The van der Waals surface area contributed by atoms with Crippen molar-refractivity contribution in [2.24, 2.45) is 5.41 Å². The van der Waals surface area contributed by atoms with Gasteiger partial charge in [0.25, 0.3) is 0 Å². The van der Waals surface area contributed by atoms with Gasteiger partial charge in [-0.3, -0.25) is 9.59 Å². The molecule has 8 nitrogen and oxygen atoms in total. The van der Waals surface area contributed by atoms with Crippen LogP contribution >= 0.6 is 0 Å². The highest BCUT2D eigenvalue weighted by Crippen LogP contribution is 2.45. The smallest absolute Gasteiger partial charge is 0.317 e. The second kappa shape index (κ2) is 6.30. The number of esters is 1. The number of hydrogen-bond donors (Lipinski definition) is 2. The molecule has 2 amide bonds. The lowest BCUT2D eigenvalue weighted by Gasteiger charge is -2.32. The van der Waals surface area contributed by atoms with Gasteiger partial charge in [0.1, 0.15) is 0 Å². The molecule has 0 radical (unpaired) electrons. The molecule has 21 heavy (non-hydrogen) atoms. The molecule has 118 valence electrons. The van der Waals surface area contributed by atoms with Crippen molar-refractivity contribution < 1.29 is 29.0 Å². The number of carbonyl (C=O) groups is 3. The molecule has 0 spiro atoms. The third kappa shape index (κ3) is 3.84. The van der Waals surface area contributed by atoms with Gasteiger partial charge >= 0.3 is 18.0 Å². The van der Waals surface area contributed by atoms with Crippen molar-refractivity contribution in [3.8, 4) is 0 Å². The Labute approximate surface area is 122 Å². The van der Waals surface area contributed by atoms with E-state index in [0.29, 0.717) is 32.5 Å². The second-order valence-electron chi connectivity index (χ2n) is 5.46. The van der Waals surface area contributed by atoms with Gasteiger partial charge in [-0.1, -0.05) is 0 Å². The number of aliphatic carboxylic acids is 1. The predicted octanol–water partition coefficient (Wildman–Crippen LogP) is -0.175. The van der Waals surface area contributed by atoms with Crippen molar-refractivity contribution in [1.82, 2.24) is 10.2 Å². The van der Waals surface area contributed by atoms with E-state index in [0.717, 1.165) is 0 Å². The first-order valence-corrected chi connectivity index (χ1v) is 6.91. The van der Waals surface area contributed by atoms with Gasteiger partial charge in [-0.05, 0) is 12.8 Å². The van der Waals surface area contributed by atoms with Crippen molar-refractivity contribution in [2.45, 2.75) is 25.4 Å². The number of morpholine rings is 1. The zero-order chi connectivity index (χ0) is 15.5. The molecule has 1 atom stereocenters. The third-order valence-electron chi connectivity index (χ3n) is 3.93. The summed E-state index contributed by atoms with van der Waals surface area (Å²) in [5.74, 6) is -1.25. The summed E-state index contributed by atoms with van der Waals surface area (Å²) in [5.41, 5.74) is -0.784. The quantitative estimate of drug-likeness (QED) is 0.683. The number of nitrogens with one attached hydrogen (secondary N) is 1. The summed E-state index contributed by atoms with van der Waals surface area (Å²) in [6, 6.07) is -0.319. The Morgan fingerprint density at radius 2 is 2.14 bits per heavy atom. The molecule has 2 fully saturated rings. The van der Waals surface area contributed by atoms with Gasteiger partial charge in [-0.2, -0.15) is 0 Å². The molecule has 1 aliphatic heterocycles. The molecule has 2 aliphatic rings. The number of rotatable bonds is 5. The first-order valence-electron chi connectivity index (χ1n) is 6.91. The molecule has 1 aliphatic carbocycles. The number of carboxylic acid groups (broad SMARTS) is 1. The number of ether oxygens (including phenoxy) is 2. The second-order valence-corrected chi connectivity index (χ2v) is 5.46. The predicted molar refractivity (Wildman–Crippen MR) is 70.6 cm³/mol. The molecule has 2 rings (SSSR count). The molecule has 8 heteroatoms. The fourth-order valence-electron chi connectivity index (χ4n) is 2.27. The van der Waals surface area contributed by atoms with E-state index in [1.54, 1.807) is 0 Å². The van der Waals surface area contributed by atoms with E-state index in [-0.39, 0.29) is 31.1 Å². The minimum atomic E-state index is -0.867. The normalized spacial score (nSPS) is 23.3. The van der Waals surface area contributed by atoms with E-state index >= 15 is 0 Å². The van der Waals surface area contributed by atoms with E-state index < -0.39 is 11.4 Å². The number of hydrogen-bond acceptors (Lipinski definition) is 5. The third-order valence-corrected chi connectivity index (χ3v) is 3.93. The highest BCUT2D eigenvalue weighted by molar-refractivity contribution is 5.80. The van der Waals surface area contributed by atoms with Crippen LogP contribution < -0.4 is 5.32 Å². The van der Waals surface area contributed by atoms with Gasteiger partial charge in [0, 0.05) is 19.6 Å². The summed E-state index contributed by atoms with van der Waals surface area (Å²) in [4.78, 5) is 35.8. The lowest BCUT2D eigenvalue weighted by Crippen LogP contribution is -2.51. The molecule has 1 saturated carbocycles. The Balaban J connectivity index is 1.79. The Morgan fingerprint density at radius 3 is 2.71 bits per heavy atom. The van der Waals surface area contributed by atoms with E-state index in [2.05, 4.69) is 10.1 Å². The van der Waals surface area contributed by atoms with Crippen LogP contribution in [0, 0.1) is 5.41 Å². The summed E-state index contributed by atoms with van der Waals surface area (Å²) >= 11 is 0. The van der Waals surface area contributed by atoms with Gasteiger partial charge in [-0.15, -0.1) is 0 Å². The van der Waals surface area contributed by atoms with Crippen LogP contribution in [0.3, 0.4) is 0 Å². The number of carbonyl (C=O) groups excluding carboxylic acids is 2. The average molecular weight is 300 g/mol. The molecule has 1 saturated heterocycles. The molecule has 0 aromatic heterocycles. The maximum absolute atomic E-state index is 12.0. The largest absolute Gasteiger partial charge is 0.481 e. The van der Waals surface area contributed by atoms with Crippen LogP contribution in [0.1, 0.15) is 19.3 Å². The zero-order valence-electron chi connectivity index (χ0n) is 12.0. The van der Waals surface area contributed by atoms with Crippen molar-refractivity contribution in [2.75, 3.05) is 33.4 Å². The van der Waals surface area contributed by atoms with Crippen LogP contribution in [0.5, 0.6) is 0 Å². The Morgan fingerprint density at radius 1 is 1.43 bits per heavy atom. The Bertz CT molecular complexity index is 434. The molecule has 0 aromatic carbocycles. The van der Waals surface area contributed by atoms with Crippen LogP contribution in [-0.4, -0.2) is 67.4 Å². The molecule has 2 N–H and O–H groups in total. The topological polar surface area (TPSA) is 105 Å². The van der Waals surface area contributed by atoms with Crippen LogP contribution in [0.15, 0.2) is 0 Å². The Hall–Kier alpha value is -1.83. The minimum Gasteiger partial charge on any atom is -0.481 e. The van der Waals surface area contributed by atoms with E-state index in [1.165, 1.54) is 12.0 Å². The number of nitrogens with zero attached hydrogens (tertiary/aromatic N) is 1. The van der Waals surface area contributed by atoms with Gasteiger partial charge in [0.2, 0.25) is 0 Å². The first kappa shape index (κ1) is 15.6. The maximum atomic E-state index is 12.0. The van der Waals surface area contributed by atoms with Gasteiger partial charge in [-0.25, -0.2) is 4.79 Å². The molecule has 1 unspecified atom stereocenters. The highest BCUT2D eigenvalue weighted by atomic mass is 16.5. The lowest BCUT2D eigenvalue weighted by atomic mass is 10.1. The highest BCUT2D eigenvalue weighted by Gasteiger charge is 2.50. The summed E-state index contributed by atoms with van der Waals surface area (Å²) in [6.45, 7) is 1.20. The summed E-state index contributed by atoms with van der Waals surface area (Å²) in [5, 5.41) is 11.7. The summed E-state index contributed by atoms with van der Waals surface area (Å²) in [7, 11) is 1.30. The molecule has 0 aromatic rings. The standard InChI is InChI=1S/C13H20N2O6/c1-20-10(16)6-9-7-15(4-5-21-9)12(19)14-8-13(2-3-13)11(17)18/h9H,2-8H2,1H3,(H,14,19)(H,17,18). The molecular formula is C13H20N2O6. The molecule has 1 heterocycles. The number of methoxy groups -OCH3 is 1. The first-order chi connectivity index (χ1) is 9.97. The Kier molecular flexibility index (Phi) is 4.66.